The molecule has 0 radical (unpaired) electrons. The van der Waals surface area contributed by atoms with Crippen LogP contribution in [0.2, 0.25) is 0 Å². The number of halogens is 1. The van der Waals surface area contributed by atoms with E-state index in [-0.39, 0.29) is 43.8 Å². The molecule has 0 bridgehead atoms. The second kappa shape index (κ2) is 12.9. The predicted molar refractivity (Wildman–Crippen MR) is 141 cm³/mol. The summed E-state index contributed by atoms with van der Waals surface area (Å²) >= 11 is 0. The first-order valence-electron chi connectivity index (χ1n) is 12.6. The molecular weight excluding hydrogens is 497 g/mol. The fourth-order valence-electron chi connectivity index (χ4n) is 4.60. The van der Waals surface area contributed by atoms with E-state index in [4.69, 9.17) is 4.74 Å². The van der Waals surface area contributed by atoms with Crippen molar-refractivity contribution in [2.45, 2.75) is 64.1 Å². The number of carbonyl (C=O) groups excluding carboxylic acids is 2. The second-order valence-electron chi connectivity index (χ2n) is 9.39. The van der Waals surface area contributed by atoms with Gasteiger partial charge in [0.15, 0.2) is 0 Å². The molecule has 1 N–H and O–H groups in total. The van der Waals surface area contributed by atoms with Crippen molar-refractivity contribution in [1.29, 1.82) is 0 Å². The van der Waals surface area contributed by atoms with Gasteiger partial charge in [0, 0.05) is 31.1 Å². The van der Waals surface area contributed by atoms with E-state index < -0.39 is 21.9 Å². The number of para-hydroxylation sites is 2. The van der Waals surface area contributed by atoms with E-state index in [0.717, 1.165) is 31.9 Å². The minimum atomic E-state index is -3.65. The fourth-order valence-corrected chi connectivity index (χ4v) is 5.57. The minimum Gasteiger partial charge on any atom is -0.495 e. The van der Waals surface area contributed by atoms with Crippen LogP contribution >= 0.6 is 0 Å². The van der Waals surface area contributed by atoms with E-state index in [0.29, 0.717) is 17.0 Å². The molecule has 3 rings (SSSR count). The Balaban J connectivity index is 1.74. The number of benzene rings is 2. The van der Waals surface area contributed by atoms with Crippen molar-refractivity contribution in [3.05, 3.63) is 59.9 Å². The van der Waals surface area contributed by atoms with E-state index in [1.165, 1.54) is 22.4 Å². The molecule has 0 aliphatic heterocycles. The number of sulfonamides is 1. The van der Waals surface area contributed by atoms with Gasteiger partial charge >= 0.3 is 0 Å². The lowest BCUT2D eigenvalue weighted by Gasteiger charge is -2.30. The molecule has 1 atom stereocenters. The van der Waals surface area contributed by atoms with Gasteiger partial charge in [0.2, 0.25) is 21.8 Å². The first-order chi connectivity index (χ1) is 17.6. The Labute approximate surface area is 218 Å². The highest BCUT2D eigenvalue weighted by Crippen LogP contribution is 2.30. The molecule has 1 fully saturated rings. The van der Waals surface area contributed by atoms with Crippen LogP contribution in [0.5, 0.6) is 5.75 Å². The molecule has 8 nitrogen and oxygen atoms in total. The van der Waals surface area contributed by atoms with Gasteiger partial charge in [-0.2, -0.15) is 0 Å². The van der Waals surface area contributed by atoms with Gasteiger partial charge in [0.25, 0.3) is 0 Å². The number of hydrogen-bond acceptors (Lipinski definition) is 5. The van der Waals surface area contributed by atoms with Gasteiger partial charge < -0.3 is 15.0 Å². The predicted octanol–water partition coefficient (Wildman–Crippen LogP) is 3.86. The van der Waals surface area contributed by atoms with Crippen molar-refractivity contribution in [2.75, 3.05) is 24.2 Å². The number of methoxy groups -OCH3 is 1. The van der Waals surface area contributed by atoms with Crippen molar-refractivity contribution < 1.29 is 27.1 Å². The van der Waals surface area contributed by atoms with Crippen LogP contribution in [0.1, 0.15) is 51.0 Å². The highest BCUT2D eigenvalue weighted by atomic mass is 32.2. The third-order valence-electron chi connectivity index (χ3n) is 6.67. The quantitative estimate of drug-likeness (QED) is 0.447. The van der Waals surface area contributed by atoms with Gasteiger partial charge in [0.05, 0.1) is 19.1 Å². The third-order valence-corrected chi connectivity index (χ3v) is 7.85. The number of rotatable bonds is 12. The van der Waals surface area contributed by atoms with Crippen molar-refractivity contribution in [2.24, 2.45) is 0 Å². The lowest BCUT2D eigenvalue weighted by Crippen LogP contribution is -2.49. The lowest BCUT2D eigenvalue weighted by atomic mass is 10.1. The van der Waals surface area contributed by atoms with Crippen LogP contribution in [0.25, 0.3) is 0 Å². The van der Waals surface area contributed by atoms with Crippen LogP contribution in [0.4, 0.5) is 10.1 Å². The number of nitrogens with one attached hydrogen (secondary N) is 1. The van der Waals surface area contributed by atoms with Crippen LogP contribution in [0.15, 0.2) is 48.5 Å². The highest BCUT2D eigenvalue weighted by Gasteiger charge is 2.29. The monoisotopic (exact) mass is 533 g/mol. The first-order valence-corrected chi connectivity index (χ1v) is 14.4. The molecule has 0 saturated heterocycles. The molecule has 202 valence electrons. The highest BCUT2D eigenvalue weighted by molar-refractivity contribution is 7.92. The van der Waals surface area contributed by atoms with Crippen LogP contribution in [0, 0.1) is 5.82 Å². The largest absolute Gasteiger partial charge is 0.495 e. The summed E-state index contributed by atoms with van der Waals surface area (Å²) in [6.07, 6.45) is 5.21. The van der Waals surface area contributed by atoms with Crippen LogP contribution in [-0.2, 0) is 26.2 Å². The molecule has 1 aliphatic carbocycles. The van der Waals surface area contributed by atoms with Gasteiger partial charge in [0.1, 0.15) is 17.6 Å². The average Bonchev–Trinajstić information content (AvgIpc) is 3.38. The maximum Gasteiger partial charge on any atom is 0.242 e. The molecule has 0 aromatic heterocycles. The molecule has 2 aromatic carbocycles. The molecular formula is C27H36FN3O5S. The molecule has 37 heavy (non-hydrogen) atoms. The molecule has 1 aliphatic rings. The fraction of sp³-hybridized carbons (Fsp3) is 0.481. The molecule has 0 unspecified atom stereocenters. The number of hydrogen-bond donors (Lipinski definition) is 1. The van der Waals surface area contributed by atoms with E-state index in [9.17, 15) is 22.4 Å². The van der Waals surface area contributed by atoms with E-state index in [1.807, 2.05) is 0 Å². The second-order valence-corrected chi connectivity index (χ2v) is 11.3. The summed E-state index contributed by atoms with van der Waals surface area (Å²) < 4.78 is 46.0. The van der Waals surface area contributed by atoms with Crippen LogP contribution in [0.3, 0.4) is 0 Å². The Morgan fingerprint density at radius 1 is 1.11 bits per heavy atom. The number of amides is 2. The standard InChI is InChI=1S/C27H36FN3O5S/c1-20(27(33)29-22-12-5-6-13-22)30(19-21-11-4-7-14-23(21)28)26(32)17-10-18-31(37(3,34)35)24-15-8-9-16-25(24)36-2/h4,7-9,11,14-16,20,22H,5-6,10,12-13,17-19H2,1-3H3,(H,29,33)/t20-/m0/s1. The summed E-state index contributed by atoms with van der Waals surface area (Å²) in [7, 11) is -2.19. The topological polar surface area (TPSA) is 96.0 Å². The van der Waals surface area contributed by atoms with Gasteiger partial charge in [-0.15, -0.1) is 0 Å². The minimum absolute atomic E-state index is 0.0172. The summed E-state index contributed by atoms with van der Waals surface area (Å²) in [5.41, 5.74) is 0.690. The Morgan fingerprint density at radius 3 is 2.41 bits per heavy atom. The summed E-state index contributed by atoms with van der Waals surface area (Å²) in [4.78, 5) is 27.7. The third kappa shape index (κ3) is 7.67. The number of ether oxygens (including phenoxy) is 1. The Morgan fingerprint density at radius 2 is 1.76 bits per heavy atom. The van der Waals surface area contributed by atoms with Gasteiger partial charge in [-0.3, -0.25) is 13.9 Å². The average molecular weight is 534 g/mol. The van der Waals surface area contributed by atoms with Crippen LogP contribution in [-0.4, -0.2) is 57.1 Å². The maximum atomic E-state index is 14.4. The summed E-state index contributed by atoms with van der Waals surface area (Å²) in [6.45, 7) is 1.62. The maximum absolute atomic E-state index is 14.4. The smallest absolute Gasteiger partial charge is 0.242 e. The first kappa shape index (κ1) is 28.4. The zero-order valence-electron chi connectivity index (χ0n) is 21.7. The Kier molecular flexibility index (Phi) is 9.91. The van der Waals surface area contributed by atoms with Gasteiger partial charge in [-0.25, -0.2) is 12.8 Å². The lowest BCUT2D eigenvalue weighted by molar-refractivity contribution is -0.141. The number of nitrogens with zero attached hydrogens (tertiary/aromatic N) is 2. The van der Waals surface area contributed by atoms with Crippen molar-refractivity contribution in [1.82, 2.24) is 10.2 Å². The van der Waals surface area contributed by atoms with E-state index in [1.54, 1.807) is 49.4 Å². The molecule has 1 saturated carbocycles. The summed E-state index contributed by atoms with van der Waals surface area (Å²) in [5, 5.41) is 3.01. The number of anilines is 1. The SMILES string of the molecule is COc1ccccc1N(CCCC(=O)N(Cc1ccccc1F)[C@@H](C)C(=O)NC1CCCC1)S(C)(=O)=O. The van der Waals surface area contributed by atoms with Crippen molar-refractivity contribution in [3.8, 4) is 5.75 Å². The molecule has 10 heteroatoms. The zero-order chi connectivity index (χ0) is 27.0. The molecule has 2 aromatic rings. The molecule has 0 heterocycles. The zero-order valence-corrected chi connectivity index (χ0v) is 22.5. The molecule has 0 spiro atoms. The normalized spacial score (nSPS) is 14.7. The van der Waals surface area contributed by atoms with Crippen molar-refractivity contribution >= 4 is 27.5 Å². The van der Waals surface area contributed by atoms with Crippen molar-refractivity contribution in [3.63, 3.8) is 0 Å². The summed E-state index contributed by atoms with van der Waals surface area (Å²) in [5.74, 6) is -0.685. The Bertz CT molecular complexity index is 1180. The molecule has 2 amide bonds. The van der Waals surface area contributed by atoms with E-state index in [2.05, 4.69) is 5.32 Å². The van der Waals surface area contributed by atoms with E-state index >= 15 is 0 Å². The Hall–Kier alpha value is -3.14. The summed E-state index contributed by atoms with van der Waals surface area (Å²) in [6, 6.07) is 12.2. The van der Waals surface area contributed by atoms with Gasteiger partial charge in [-0.1, -0.05) is 43.2 Å². The van der Waals surface area contributed by atoms with Gasteiger partial charge in [-0.05, 0) is 44.4 Å². The number of carbonyl (C=O) groups is 2. The van der Waals surface area contributed by atoms with Crippen LogP contribution < -0.4 is 14.4 Å².